The zero-order chi connectivity index (χ0) is 13.5. The van der Waals surface area contributed by atoms with Crippen LogP contribution in [0.1, 0.15) is 0 Å². The molecule has 0 aliphatic carbocycles. The molecule has 17 heteroatoms. The van der Waals surface area contributed by atoms with Gasteiger partial charge in [0.15, 0.2) is 0 Å². The summed E-state index contributed by atoms with van der Waals surface area (Å²) in [5.74, 6) is 0. The molecule has 0 bridgehead atoms. The Balaban J connectivity index is 7.26. The van der Waals surface area contributed by atoms with Gasteiger partial charge < -0.3 is 0 Å². The van der Waals surface area contributed by atoms with Crippen molar-refractivity contribution < 1.29 is 0 Å². The molecule has 0 amide bonds. The van der Waals surface area contributed by atoms with Crippen molar-refractivity contribution in [3.05, 3.63) is 52.2 Å². The monoisotopic (exact) mass is 276 g/mol. The van der Waals surface area contributed by atoms with Gasteiger partial charge in [0.2, 0.25) is 0 Å². The fourth-order valence-electron chi connectivity index (χ4n) is 0.612. The van der Waals surface area contributed by atoms with E-state index in [0.29, 0.717) is 0 Å². The third kappa shape index (κ3) is 2.27. The van der Waals surface area contributed by atoms with Crippen LogP contribution in [0, 0.1) is 0 Å². The van der Waals surface area contributed by atoms with Crippen LogP contribution in [0.4, 0.5) is 0 Å². The van der Waals surface area contributed by atoms with E-state index in [1.165, 1.54) is 0 Å². The molecule has 0 aromatic rings. The van der Waals surface area contributed by atoms with Gasteiger partial charge in [-0.15, -0.1) is 0 Å². The Hall–Kier alpha value is -2.73. The van der Waals surface area contributed by atoms with Crippen LogP contribution < -0.4 is 0 Å². The summed E-state index contributed by atoms with van der Waals surface area (Å²) in [6, 6.07) is -6.51. The first kappa shape index (κ1) is 14.3. The first-order chi connectivity index (χ1) is 7.89. The minimum atomic E-state index is -6.51. The third-order valence-corrected chi connectivity index (χ3v) is 4.52. The summed E-state index contributed by atoms with van der Waals surface area (Å²) in [5.41, 5.74) is 41.6. The van der Waals surface area contributed by atoms with Gasteiger partial charge in [0.25, 0.3) is 0 Å². The third-order valence-electron chi connectivity index (χ3n) is 1.17. The van der Waals surface area contributed by atoms with Crippen LogP contribution in [0.5, 0.6) is 0 Å². The van der Waals surface area contributed by atoms with Gasteiger partial charge >= 0.3 is 93.9 Å². The summed E-state index contributed by atoms with van der Waals surface area (Å²) in [4.78, 5) is 24.0. The summed E-state index contributed by atoms with van der Waals surface area (Å²) in [7, 11) is 0. The van der Waals surface area contributed by atoms with Gasteiger partial charge in [-0.2, -0.15) is 0 Å². The molecular formula is ClN15P-. The van der Waals surface area contributed by atoms with Crippen molar-refractivity contribution in [3.8, 4) is 0 Å². The van der Waals surface area contributed by atoms with Crippen molar-refractivity contribution in [2.45, 2.75) is 0 Å². The number of rotatable bonds is 5. The van der Waals surface area contributed by atoms with Crippen LogP contribution in [0.25, 0.3) is 52.2 Å². The molecule has 0 saturated heterocycles. The average molecular weight is 277 g/mol. The summed E-state index contributed by atoms with van der Waals surface area (Å²) in [6.45, 7) is 0. The quantitative estimate of drug-likeness (QED) is 0.266. The zero-order valence-corrected chi connectivity index (χ0v) is 9.18. The first-order valence-electron chi connectivity index (χ1n) is 3.17. The minimum absolute atomic E-state index is 2.12. The number of azide groups is 1. The Morgan fingerprint density at radius 3 is 0.882 bits per heavy atom. The second kappa shape index (κ2) is 4.03. The molecular weight excluding hydrogens is 277 g/mol. The Morgan fingerprint density at radius 1 is 0.588 bits per heavy atom. The Bertz CT molecular complexity index is 459. The van der Waals surface area contributed by atoms with E-state index in [9.17, 15) is 0 Å². The van der Waals surface area contributed by atoms with Crippen molar-refractivity contribution in [3.63, 3.8) is 0 Å². The first-order valence-corrected chi connectivity index (χ1v) is 6.52. The van der Waals surface area contributed by atoms with E-state index in [1.54, 1.807) is 0 Å². The molecule has 0 rings (SSSR count). The van der Waals surface area contributed by atoms with Gasteiger partial charge in [-0.05, 0) is 0 Å². The van der Waals surface area contributed by atoms with E-state index in [2.05, 4.69) is 49.0 Å². The molecule has 17 heavy (non-hydrogen) atoms. The maximum absolute atomic E-state index is 8.31. The molecule has 0 aliphatic rings. The van der Waals surface area contributed by atoms with Gasteiger partial charge in [0.1, 0.15) is 0 Å². The summed E-state index contributed by atoms with van der Waals surface area (Å²) in [5, 5.41) is 0. The van der Waals surface area contributed by atoms with Crippen molar-refractivity contribution in [1.29, 1.82) is 0 Å². The van der Waals surface area contributed by atoms with E-state index < -0.39 is 6.05 Å². The normalized spacial score (nSPS) is 12.8. The molecule has 0 N–H and O–H groups in total. The topological polar surface area (TPSA) is 244 Å². The molecule has 0 saturated carbocycles. The molecule has 0 spiro atoms. The van der Waals surface area contributed by atoms with Crippen LogP contribution in [-0.2, 0) is 0 Å². The number of hydrogen-bond acceptors (Lipinski definition) is 5. The average Bonchev–Trinajstić information content (AvgIpc) is 2.19. The predicted octanol–water partition coefficient (Wildman–Crippen LogP) is 5.36. The van der Waals surface area contributed by atoms with Crippen molar-refractivity contribution >= 4 is 17.3 Å². The van der Waals surface area contributed by atoms with Crippen LogP contribution in [0.2, 0.25) is 0 Å². The summed E-state index contributed by atoms with van der Waals surface area (Å²) in [6.07, 6.45) is 0. The zero-order valence-electron chi connectivity index (χ0n) is 7.53. The maximum atomic E-state index is 8.31. The van der Waals surface area contributed by atoms with Gasteiger partial charge in [-0.3, -0.25) is 0 Å². The standard InChI is InChI=1S/ClN15P/c1-17(12-7-2,13-8-3,14-9-4,15-10-5)16-11-6/q-1. The molecule has 0 fully saturated rings. The fourth-order valence-corrected chi connectivity index (χ4v) is 2.29. The SMILES string of the molecule is [N-]=[N+]=N[P-](Cl)(N=[N+]=[N-])(N=[N+]=[N-])(N=[N+]=[N-])N=[N+]=[N-]. The van der Waals surface area contributed by atoms with E-state index in [4.69, 9.17) is 38.9 Å². The van der Waals surface area contributed by atoms with Crippen molar-refractivity contribution in [2.75, 3.05) is 0 Å². The van der Waals surface area contributed by atoms with E-state index in [-0.39, 0.29) is 0 Å². The second-order valence-corrected chi connectivity index (χ2v) is 7.87. The van der Waals surface area contributed by atoms with Crippen molar-refractivity contribution in [1.82, 2.24) is 0 Å². The predicted molar refractivity (Wildman–Crippen MR) is 58.5 cm³/mol. The molecule has 0 aromatic carbocycles. The molecule has 88 valence electrons. The van der Waals surface area contributed by atoms with E-state index >= 15 is 0 Å². The number of halogens is 1. The van der Waals surface area contributed by atoms with Crippen molar-refractivity contribution in [2.24, 2.45) is 24.4 Å². The molecule has 15 nitrogen and oxygen atoms in total. The Morgan fingerprint density at radius 2 is 0.765 bits per heavy atom. The molecule has 0 unspecified atom stereocenters. The molecule has 0 aliphatic heterocycles. The van der Waals surface area contributed by atoms with Gasteiger partial charge in [-0.25, -0.2) is 0 Å². The van der Waals surface area contributed by atoms with Crippen LogP contribution in [-0.4, -0.2) is 0 Å². The molecule has 0 radical (unpaired) electrons. The number of hydrogen-bond donors (Lipinski definition) is 0. The number of nitrogens with zero attached hydrogens (tertiary/aromatic N) is 15. The Labute approximate surface area is 94.7 Å². The second-order valence-electron chi connectivity index (χ2n) is 2.17. The summed E-state index contributed by atoms with van der Waals surface area (Å²) < 4.78 is 0. The summed E-state index contributed by atoms with van der Waals surface area (Å²) >= 11 is 5.59. The Kier molecular flexibility index (Phi) is 3.38. The van der Waals surface area contributed by atoms with Gasteiger partial charge in [0, 0.05) is 0 Å². The van der Waals surface area contributed by atoms with Crippen LogP contribution in [0.15, 0.2) is 24.4 Å². The molecule has 0 aromatic heterocycles. The van der Waals surface area contributed by atoms with Crippen LogP contribution >= 0.6 is 17.3 Å². The van der Waals surface area contributed by atoms with E-state index in [1.807, 2.05) is 0 Å². The molecule has 0 atom stereocenters. The molecule has 0 heterocycles. The van der Waals surface area contributed by atoms with Gasteiger partial charge in [-0.1, -0.05) is 0 Å². The van der Waals surface area contributed by atoms with Gasteiger partial charge in [0.05, 0.1) is 0 Å². The van der Waals surface area contributed by atoms with E-state index in [0.717, 1.165) is 0 Å². The fraction of sp³-hybridized carbons (Fsp3) is 0. The van der Waals surface area contributed by atoms with Crippen LogP contribution in [0.3, 0.4) is 0 Å².